The van der Waals surface area contributed by atoms with Crippen molar-refractivity contribution in [1.82, 2.24) is 19.5 Å². The second kappa shape index (κ2) is 12.9. The second-order valence-corrected chi connectivity index (χ2v) is 16.4. The summed E-state index contributed by atoms with van der Waals surface area (Å²) in [6, 6.07) is 68.1. The van der Waals surface area contributed by atoms with Crippen LogP contribution in [-0.4, -0.2) is 19.5 Å². The van der Waals surface area contributed by atoms with Crippen LogP contribution in [0.1, 0.15) is 0 Å². The highest BCUT2D eigenvalue weighted by molar-refractivity contribution is 6.20. The van der Waals surface area contributed by atoms with Gasteiger partial charge < -0.3 is 13.4 Å². The molecule has 6 heteroatoms. The zero-order valence-corrected chi connectivity index (χ0v) is 33.6. The predicted molar refractivity (Wildman–Crippen MR) is 258 cm³/mol. The van der Waals surface area contributed by atoms with Crippen LogP contribution in [0.25, 0.3) is 138 Å². The fourth-order valence-corrected chi connectivity index (χ4v) is 9.79. The van der Waals surface area contributed by atoms with E-state index in [4.69, 9.17) is 23.8 Å². The van der Waals surface area contributed by atoms with Gasteiger partial charge in [-0.3, -0.25) is 0 Å². The quantitative estimate of drug-likeness (QED) is 0.177. The van der Waals surface area contributed by atoms with E-state index in [0.717, 1.165) is 98.8 Å². The van der Waals surface area contributed by atoms with Crippen molar-refractivity contribution in [2.75, 3.05) is 0 Å². The maximum Gasteiger partial charge on any atom is 0.166 e. The molecule has 0 aliphatic rings. The third kappa shape index (κ3) is 5.15. The van der Waals surface area contributed by atoms with Crippen LogP contribution in [0.2, 0.25) is 0 Å². The molecule has 0 saturated carbocycles. The molecule has 10 aromatic carbocycles. The number of benzene rings is 10. The summed E-state index contributed by atoms with van der Waals surface area (Å²) in [5.41, 5.74) is 8.99. The molecule has 0 aliphatic carbocycles. The molecular weight excluding hydrogens is 773 g/mol. The van der Waals surface area contributed by atoms with Gasteiger partial charge in [0.05, 0.1) is 22.1 Å². The van der Waals surface area contributed by atoms with Crippen LogP contribution in [0.4, 0.5) is 0 Å². The maximum atomic E-state index is 6.67. The van der Waals surface area contributed by atoms with Crippen molar-refractivity contribution >= 4 is 98.0 Å². The first-order valence-corrected chi connectivity index (χ1v) is 21.2. The second-order valence-electron chi connectivity index (χ2n) is 16.4. The Bertz CT molecular complexity index is 4140. The van der Waals surface area contributed by atoms with Crippen molar-refractivity contribution in [3.05, 3.63) is 194 Å². The Morgan fingerprint density at radius 3 is 1.48 bits per heavy atom. The molecular formula is C57H32N4O2. The largest absolute Gasteiger partial charge is 0.456 e. The highest BCUT2D eigenvalue weighted by Crippen LogP contribution is 2.45. The zero-order chi connectivity index (χ0) is 41.2. The number of hydrogen-bond donors (Lipinski definition) is 0. The molecule has 0 amide bonds. The molecule has 0 unspecified atom stereocenters. The maximum absolute atomic E-state index is 6.67. The van der Waals surface area contributed by atoms with E-state index in [1.54, 1.807) is 0 Å². The summed E-state index contributed by atoms with van der Waals surface area (Å²) in [7, 11) is 0. The van der Waals surface area contributed by atoms with Crippen LogP contribution in [-0.2, 0) is 0 Å². The fourth-order valence-electron chi connectivity index (χ4n) is 9.79. The summed E-state index contributed by atoms with van der Waals surface area (Å²) in [6.07, 6.45) is 0. The Morgan fingerprint density at radius 2 is 0.794 bits per heavy atom. The molecule has 63 heavy (non-hydrogen) atoms. The lowest BCUT2D eigenvalue weighted by Gasteiger charge is -2.16. The normalized spacial score (nSPS) is 12.1. The van der Waals surface area contributed by atoms with Crippen molar-refractivity contribution in [1.29, 1.82) is 0 Å². The first-order valence-electron chi connectivity index (χ1n) is 21.2. The first-order chi connectivity index (χ1) is 31.2. The SMILES string of the molecule is c1ccc2cc(-c3nc(-c4ccc5oc6ccccc6c5c4)nc(-c4ccc5oc6ccccc6c5c4-n4c5cc6ccccc6cc5c5cc6ccccc6cc54)n3)ccc2c1. The molecule has 14 rings (SSSR count). The molecule has 0 N–H and O–H groups in total. The summed E-state index contributed by atoms with van der Waals surface area (Å²) in [6.45, 7) is 0. The van der Waals surface area contributed by atoms with E-state index in [0.29, 0.717) is 17.5 Å². The Morgan fingerprint density at radius 1 is 0.317 bits per heavy atom. The van der Waals surface area contributed by atoms with Gasteiger partial charge >= 0.3 is 0 Å². The van der Waals surface area contributed by atoms with Crippen LogP contribution in [0.3, 0.4) is 0 Å². The highest BCUT2D eigenvalue weighted by atomic mass is 16.3. The minimum absolute atomic E-state index is 0.555. The smallest absolute Gasteiger partial charge is 0.166 e. The van der Waals surface area contributed by atoms with E-state index in [2.05, 4.69) is 156 Å². The third-order valence-electron chi connectivity index (χ3n) is 12.8. The Kier molecular flexibility index (Phi) is 7.02. The summed E-state index contributed by atoms with van der Waals surface area (Å²) >= 11 is 0. The Balaban J connectivity index is 1.12. The average Bonchev–Trinajstić information content (AvgIpc) is 4.01. The standard InChI is InChI=1S/C57H32N4O2/c1-2-12-34-27-39(22-21-33(34)11-1)55-58-56(40-23-25-51-46(30-40)41-17-7-9-19-49(41)62-51)60-57(59-55)43-24-26-52-53(42-18-8-10-20-50(42)63-52)54(43)61-47-31-37-15-5-3-13-35(37)28-44(47)45-29-36-14-4-6-16-38(36)32-48(45)61/h1-32H. The Hall–Kier alpha value is -8.61. The number of rotatable bonds is 4. The molecule has 14 aromatic rings. The Labute approximate surface area is 358 Å². The van der Waals surface area contributed by atoms with Gasteiger partial charge in [-0.05, 0) is 105 Å². The van der Waals surface area contributed by atoms with E-state index in [1.807, 2.05) is 42.5 Å². The number of hydrogen-bond acceptors (Lipinski definition) is 5. The van der Waals surface area contributed by atoms with E-state index >= 15 is 0 Å². The summed E-state index contributed by atoms with van der Waals surface area (Å²) in [4.78, 5) is 16.1. The van der Waals surface area contributed by atoms with Gasteiger partial charge in [-0.1, -0.05) is 121 Å². The lowest BCUT2D eigenvalue weighted by Crippen LogP contribution is -2.04. The van der Waals surface area contributed by atoms with Gasteiger partial charge in [0.15, 0.2) is 17.5 Å². The number of aromatic nitrogens is 4. The number of nitrogens with zero attached hydrogens (tertiary/aromatic N) is 4. The van der Waals surface area contributed by atoms with Gasteiger partial charge in [-0.2, -0.15) is 0 Å². The molecule has 0 fully saturated rings. The monoisotopic (exact) mass is 804 g/mol. The molecule has 4 heterocycles. The van der Waals surface area contributed by atoms with Gasteiger partial charge in [-0.15, -0.1) is 0 Å². The topological polar surface area (TPSA) is 69.9 Å². The third-order valence-corrected chi connectivity index (χ3v) is 12.8. The first kappa shape index (κ1) is 34.1. The predicted octanol–water partition coefficient (Wildman–Crippen LogP) is 15.2. The van der Waals surface area contributed by atoms with Crippen molar-refractivity contribution in [3.8, 4) is 39.9 Å². The molecule has 0 atom stereocenters. The molecule has 0 spiro atoms. The molecule has 4 aromatic heterocycles. The molecule has 0 radical (unpaired) electrons. The molecule has 292 valence electrons. The van der Waals surface area contributed by atoms with Gasteiger partial charge in [0.25, 0.3) is 0 Å². The van der Waals surface area contributed by atoms with Crippen LogP contribution >= 0.6 is 0 Å². The average molecular weight is 805 g/mol. The summed E-state index contributed by atoms with van der Waals surface area (Å²) in [5, 5.41) is 13.4. The number of fused-ring (bicyclic) bond motifs is 12. The van der Waals surface area contributed by atoms with Gasteiger partial charge in [0, 0.05) is 43.6 Å². The van der Waals surface area contributed by atoms with Crippen LogP contribution in [0.15, 0.2) is 203 Å². The highest BCUT2D eigenvalue weighted by Gasteiger charge is 2.25. The number of para-hydroxylation sites is 2. The molecule has 6 nitrogen and oxygen atoms in total. The molecule has 0 aliphatic heterocycles. The van der Waals surface area contributed by atoms with Crippen molar-refractivity contribution in [2.24, 2.45) is 0 Å². The zero-order valence-electron chi connectivity index (χ0n) is 33.6. The van der Waals surface area contributed by atoms with E-state index in [-0.39, 0.29) is 0 Å². The van der Waals surface area contributed by atoms with Crippen LogP contribution < -0.4 is 0 Å². The van der Waals surface area contributed by atoms with E-state index < -0.39 is 0 Å². The van der Waals surface area contributed by atoms with E-state index in [1.165, 1.54) is 21.5 Å². The number of furan rings is 2. The summed E-state index contributed by atoms with van der Waals surface area (Å²) < 4.78 is 15.3. The minimum Gasteiger partial charge on any atom is -0.456 e. The van der Waals surface area contributed by atoms with Crippen LogP contribution in [0, 0.1) is 0 Å². The van der Waals surface area contributed by atoms with Crippen molar-refractivity contribution in [2.45, 2.75) is 0 Å². The molecule has 0 bridgehead atoms. The van der Waals surface area contributed by atoms with Gasteiger partial charge in [0.1, 0.15) is 22.3 Å². The summed E-state index contributed by atoms with van der Waals surface area (Å²) in [5.74, 6) is 1.71. The molecule has 0 saturated heterocycles. The van der Waals surface area contributed by atoms with Crippen molar-refractivity contribution in [3.63, 3.8) is 0 Å². The minimum atomic E-state index is 0.555. The fraction of sp³-hybridized carbons (Fsp3) is 0. The van der Waals surface area contributed by atoms with Gasteiger partial charge in [0.2, 0.25) is 0 Å². The lowest BCUT2D eigenvalue weighted by molar-refractivity contribution is 0.668. The van der Waals surface area contributed by atoms with E-state index in [9.17, 15) is 0 Å². The van der Waals surface area contributed by atoms with Crippen LogP contribution in [0.5, 0.6) is 0 Å². The van der Waals surface area contributed by atoms with Gasteiger partial charge in [-0.25, -0.2) is 15.0 Å². The van der Waals surface area contributed by atoms with Crippen molar-refractivity contribution < 1.29 is 8.83 Å². The lowest BCUT2D eigenvalue weighted by atomic mass is 10.0.